The highest BCUT2D eigenvalue weighted by molar-refractivity contribution is 5.93. The van der Waals surface area contributed by atoms with Crippen molar-refractivity contribution in [1.29, 1.82) is 0 Å². The Labute approximate surface area is 118 Å². The molecule has 1 atom stereocenters. The van der Waals surface area contributed by atoms with Gasteiger partial charge in [-0.3, -0.25) is 9.48 Å². The van der Waals surface area contributed by atoms with E-state index in [1.807, 2.05) is 30.3 Å². The van der Waals surface area contributed by atoms with Gasteiger partial charge in [-0.15, -0.1) is 0 Å². The van der Waals surface area contributed by atoms with Crippen LogP contribution in [0.1, 0.15) is 24.9 Å². The first-order valence-electron chi connectivity index (χ1n) is 6.40. The lowest BCUT2D eigenvalue weighted by molar-refractivity contribution is -0.116. The van der Waals surface area contributed by atoms with Crippen LogP contribution in [0.4, 0.5) is 0 Å². The van der Waals surface area contributed by atoms with Crippen LogP contribution < -0.4 is 5.32 Å². The smallest absolute Gasteiger partial charge is 0.296 e. The summed E-state index contributed by atoms with van der Waals surface area (Å²) >= 11 is 0. The Morgan fingerprint density at radius 2 is 2.20 bits per heavy atom. The van der Waals surface area contributed by atoms with Gasteiger partial charge in [0.25, 0.3) is 5.91 Å². The largest absolute Gasteiger partial charge is 0.338 e. The summed E-state index contributed by atoms with van der Waals surface area (Å²) < 4.78 is 1.74. The van der Waals surface area contributed by atoms with Gasteiger partial charge in [0, 0.05) is 6.54 Å². The molecule has 0 aliphatic rings. The van der Waals surface area contributed by atoms with E-state index < -0.39 is 0 Å². The minimum absolute atomic E-state index is 0.0891. The van der Waals surface area contributed by atoms with Gasteiger partial charge in [0.1, 0.15) is 12.7 Å². The molecule has 1 aromatic carbocycles. The van der Waals surface area contributed by atoms with Crippen LogP contribution in [0.3, 0.4) is 0 Å². The zero-order valence-corrected chi connectivity index (χ0v) is 11.3. The van der Waals surface area contributed by atoms with Crippen LogP contribution in [0.15, 0.2) is 43.0 Å². The second kappa shape index (κ2) is 7.10. The molecule has 0 aliphatic carbocycles. The normalized spacial score (nSPS) is 11.2. The maximum atomic E-state index is 11.7. The van der Waals surface area contributed by atoms with Crippen molar-refractivity contribution in [1.82, 2.24) is 20.1 Å². The second-order valence-electron chi connectivity index (χ2n) is 4.26. The number of rotatable bonds is 5. The van der Waals surface area contributed by atoms with Crippen LogP contribution in [0.2, 0.25) is 0 Å². The Bertz CT molecular complexity index is 596. The van der Waals surface area contributed by atoms with Crippen molar-refractivity contribution >= 4 is 5.91 Å². The summed E-state index contributed by atoms with van der Waals surface area (Å²) in [4.78, 5) is 15.6. The lowest BCUT2D eigenvalue weighted by atomic mass is 10.0. The molecule has 2 aromatic rings. The van der Waals surface area contributed by atoms with Gasteiger partial charge in [-0.25, -0.2) is 4.98 Å². The van der Waals surface area contributed by atoms with E-state index in [-0.39, 0.29) is 11.9 Å². The summed E-state index contributed by atoms with van der Waals surface area (Å²) in [5, 5.41) is 6.98. The number of carbonyl (C=O) groups is 1. The highest BCUT2D eigenvalue weighted by Gasteiger charge is 2.13. The van der Waals surface area contributed by atoms with E-state index >= 15 is 0 Å². The van der Waals surface area contributed by atoms with Crippen LogP contribution in [0.25, 0.3) is 0 Å². The average molecular weight is 268 g/mol. The third-order valence-electron chi connectivity index (χ3n) is 2.86. The first-order valence-corrected chi connectivity index (χ1v) is 6.40. The van der Waals surface area contributed by atoms with Crippen LogP contribution in [-0.2, 0) is 11.3 Å². The molecule has 0 aliphatic heterocycles. The summed E-state index contributed by atoms with van der Waals surface area (Å²) in [6, 6.07) is 9.75. The Balaban J connectivity index is 2.06. The van der Waals surface area contributed by atoms with Crippen LogP contribution >= 0.6 is 0 Å². The van der Waals surface area contributed by atoms with E-state index in [0.29, 0.717) is 6.54 Å². The first-order chi connectivity index (χ1) is 9.79. The van der Waals surface area contributed by atoms with E-state index in [1.54, 1.807) is 17.9 Å². The number of carbonyl (C=O) groups excluding carboxylic acids is 1. The number of hydrogen-bond acceptors (Lipinski definition) is 3. The third kappa shape index (κ3) is 3.95. The van der Waals surface area contributed by atoms with Gasteiger partial charge in [-0.2, -0.15) is 5.10 Å². The topological polar surface area (TPSA) is 59.8 Å². The van der Waals surface area contributed by atoms with E-state index in [0.717, 1.165) is 12.0 Å². The zero-order chi connectivity index (χ0) is 14.2. The standard InChI is InChI=1S/C15H16N4O/c1-2-6-15(20)18-14(13-7-4-3-5-8-13)9-10-19-12-16-11-17-19/h3-5,7-8,11-12,14H,9-10H2,1H3,(H,18,20). The van der Waals surface area contributed by atoms with Gasteiger partial charge >= 0.3 is 0 Å². The molecule has 0 radical (unpaired) electrons. The van der Waals surface area contributed by atoms with Crippen LogP contribution in [0.5, 0.6) is 0 Å². The van der Waals surface area contributed by atoms with Crippen molar-refractivity contribution in [2.75, 3.05) is 0 Å². The van der Waals surface area contributed by atoms with Crippen molar-refractivity contribution in [3.8, 4) is 11.8 Å². The van der Waals surface area contributed by atoms with Gasteiger partial charge in [-0.1, -0.05) is 36.3 Å². The second-order valence-corrected chi connectivity index (χ2v) is 4.26. The molecule has 2 rings (SSSR count). The summed E-state index contributed by atoms with van der Waals surface area (Å²) in [5.74, 6) is 4.84. The van der Waals surface area contributed by atoms with Crippen molar-refractivity contribution in [3.63, 3.8) is 0 Å². The van der Waals surface area contributed by atoms with E-state index in [4.69, 9.17) is 0 Å². The number of hydrogen-bond donors (Lipinski definition) is 1. The van der Waals surface area contributed by atoms with Gasteiger partial charge in [0.2, 0.25) is 0 Å². The maximum Gasteiger partial charge on any atom is 0.296 e. The minimum atomic E-state index is -0.264. The van der Waals surface area contributed by atoms with Gasteiger partial charge in [0.15, 0.2) is 0 Å². The molecule has 20 heavy (non-hydrogen) atoms. The first kappa shape index (κ1) is 13.8. The van der Waals surface area contributed by atoms with E-state index in [9.17, 15) is 4.79 Å². The van der Waals surface area contributed by atoms with Gasteiger partial charge in [0.05, 0.1) is 6.04 Å². The highest BCUT2D eigenvalue weighted by Crippen LogP contribution is 2.17. The molecule has 0 saturated heterocycles. The highest BCUT2D eigenvalue weighted by atomic mass is 16.1. The summed E-state index contributed by atoms with van der Waals surface area (Å²) in [5.41, 5.74) is 1.05. The number of benzene rings is 1. The fourth-order valence-electron chi connectivity index (χ4n) is 1.92. The lowest BCUT2D eigenvalue weighted by Gasteiger charge is -2.17. The quantitative estimate of drug-likeness (QED) is 0.837. The lowest BCUT2D eigenvalue weighted by Crippen LogP contribution is -2.28. The predicted molar refractivity (Wildman–Crippen MR) is 75.4 cm³/mol. The van der Waals surface area contributed by atoms with Gasteiger partial charge in [-0.05, 0) is 24.8 Å². The Morgan fingerprint density at radius 1 is 1.40 bits per heavy atom. The molecule has 102 valence electrons. The average Bonchev–Trinajstić information content (AvgIpc) is 2.98. The van der Waals surface area contributed by atoms with Gasteiger partial charge < -0.3 is 5.32 Å². The van der Waals surface area contributed by atoms with E-state index in [2.05, 4.69) is 27.2 Å². The molecule has 5 nitrogen and oxygen atoms in total. The number of amides is 1. The molecule has 0 spiro atoms. The number of nitrogens with one attached hydrogen (secondary N) is 1. The molecule has 0 saturated carbocycles. The molecule has 1 aromatic heterocycles. The molecule has 1 heterocycles. The van der Waals surface area contributed by atoms with E-state index in [1.165, 1.54) is 6.33 Å². The summed E-state index contributed by atoms with van der Waals surface area (Å²) in [6.45, 7) is 2.33. The number of nitrogens with zero attached hydrogens (tertiary/aromatic N) is 3. The fraction of sp³-hybridized carbons (Fsp3) is 0.267. The van der Waals surface area contributed by atoms with Crippen LogP contribution in [-0.4, -0.2) is 20.7 Å². The SMILES string of the molecule is CC#CC(=O)NC(CCn1cncn1)c1ccccc1. The molecule has 1 unspecified atom stereocenters. The van der Waals surface area contributed by atoms with Crippen molar-refractivity contribution in [2.24, 2.45) is 0 Å². The molecule has 5 heteroatoms. The maximum absolute atomic E-state index is 11.7. The van der Waals surface area contributed by atoms with Crippen molar-refractivity contribution in [3.05, 3.63) is 48.5 Å². The summed E-state index contributed by atoms with van der Waals surface area (Å²) in [6.07, 6.45) is 3.89. The number of aromatic nitrogens is 3. The number of aryl methyl sites for hydroxylation is 1. The predicted octanol–water partition coefficient (Wildman–Crippen LogP) is 1.55. The van der Waals surface area contributed by atoms with Crippen LogP contribution in [0, 0.1) is 11.8 Å². The fourth-order valence-corrected chi connectivity index (χ4v) is 1.92. The monoisotopic (exact) mass is 268 g/mol. The molecular formula is C15H16N4O. The summed E-state index contributed by atoms with van der Waals surface area (Å²) in [7, 11) is 0. The molecule has 0 fully saturated rings. The Hall–Kier alpha value is -2.61. The molecule has 1 N–H and O–H groups in total. The Kier molecular flexibility index (Phi) is 4.90. The molecule has 1 amide bonds. The van der Waals surface area contributed by atoms with Crippen molar-refractivity contribution < 1.29 is 4.79 Å². The molecular weight excluding hydrogens is 252 g/mol. The Morgan fingerprint density at radius 3 is 2.85 bits per heavy atom. The molecule has 0 bridgehead atoms. The van der Waals surface area contributed by atoms with Crippen molar-refractivity contribution in [2.45, 2.75) is 25.9 Å². The third-order valence-corrected chi connectivity index (χ3v) is 2.86. The zero-order valence-electron chi connectivity index (χ0n) is 11.3. The minimum Gasteiger partial charge on any atom is -0.338 e.